The van der Waals surface area contributed by atoms with Crippen molar-refractivity contribution in [1.82, 2.24) is 0 Å². The number of halogens is 1. The molecule has 7 heteroatoms. The van der Waals surface area contributed by atoms with Crippen LogP contribution in [0.25, 0.3) is 5.76 Å². The van der Waals surface area contributed by atoms with E-state index >= 15 is 0 Å². The molecule has 1 atom stereocenters. The summed E-state index contributed by atoms with van der Waals surface area (Å²) in [6.45, 7) is 2.34. The van der Waals surface area contributed by atoms with Crippen LogP contribution in [-0.2, 0) is 9.59 Å². The summed E-state index contributed by atoms with van der Waals surface area (Å²) in [5.41, 5.74) is 1.46. The maximum absolute atomic E-state index is 13.2. The zero-order valence-electron chi connectivity index (χ0n) is 18.1. The highest BCUT2D eigenvalue weighted by molar-refractivity contribution is 6.51. The zero-order chi connectivity index (χ0) is 23.5. The second-order valence-corrected chi connectivity index (χ2v) is 7.77. The fourth-order valence-electron chi connectivity index (χ4n) is 3.91. The summed E-state index contributed by atoms with van der Waals surface area (Å²) in [4.78, 5) is 27.8. The molecular weight excluding hydrogens is 442 g/mol. The van der Waals surface area contributed by atoms with Crippen molar-refractivity contribution in [3.05, 3.63) is 94.5 Å². The van der Waals surface area contributed by atoms with Gasteiger partial charge in [0.15, 0.2) is 0 Å². The van der Waals surface area contributed by atoms with Crippen LogP contribution in [0.2, 0.25) is 5.02 Å². The third-order valence-electron chi connectivity index (χ3n) is 5.39. The van der Waals surface area contributed by atoms with Gasteiger partial charge in [-0.2, -0.15) is 0 Å². The van der Waals surface area contributed by atoms with E-state index in [9.17, 15) is 14.7 Å². The van der Waals surface area contributed by atoms with Crippen LogP contribution in [0.5, 0.6) is 11.5 Å². The van der Waals surface area contributed by atoms with E-state index in [0.717, 1.165) is 0 Å². The summed E-state index contributed by atoms with van der Waals surface area (Å²) in [5.74, 6) is -0.879. The Morgan fingerprint density at radius 3 is 2.48 bits per heavy atom. The van der Waals surface area contributed by atoms with Gasteiger partial charge in [0.1, 0.15) is 17.3 Å². The summed E-state index contributed by atoms with van der Waals surface area (Å²) >= 11 is 6.12. The van der Waals surface area contributed by atoms with Gasteiger partial charge in [0.25, 0.3) is 11.7 Å². The Morgan fingerprint density at radius 2 is 1.79 bits per heavy atom. The molecule has 3 aromatic rings. The average Bonchev–Trinajstić information content (AvgIpc) is 3.10. The van der Waals surface area contributed by atoms with Gasteiger partial charge in [-0.3, -0.25) is 14.5 Å². The quantitative estimate of drug-likeness (QED) is 0.302. The van der Waals surface area contributed by atoms with Gasteiger partial charge in [0.05, 0.1) is 30.4 Å². The Morgan fingerprint density at radius 1 is 1.03 bits per heavy atom. The van der Waals surface area contributed by atoms with E-state index < -0.39 is 17.7 Å². The number of benzene rings is 3. The maximum Gasteiger partial charge on any atom is 0.300 e. The number of rotatable bonds is 6. The normalized spacial score (nSPS) is 17.3. The number of carbonyl (C=O) groups excluding carboxylic acids is 2. The molecule has 33 heavy (non-hydrogen) atoms. The lowest BCUT2D eigenvalue weighted by Crippen LogP contribution is -2.29. The standard InChI is InChI=1S/C26H22ClNO5/c1-3-33-19-11-7-8-16(14-19)23-22(24(29)17-12-13-20(27)21(15-17)32-2)25(30)26(31)28(23)18-9-5-4-6-10-18/h4-15,23,29H,3H2,1-2H3/b24-22-. The molecule has 1 amide bonds. The number of aliphatic hydroxyl groups excluding tert-OH is 1. The van der Waals surface area contributed by atoms with E-state index in [1.807, 2.05) is 13.0 Å². The number of carbonyl (C=O) groups is 2. The number of ketones is 1. The van der Waals surface area contributed by atoms with E-state index in [1.54, 1.807) is 60.7 Å². The minimum absolute atomic E-state index is 0.0260. The van der Waals surface area contributed by atoms with Crippen molar-refractivity contribution >= 4 is 34.7 Å². The molecule has 0 bridgehead atoms. The monoisotopic (exact) mass is 463 g/mol. The Labute approximate surface area is 196 Å². The number of Topliss-reactive ketones (excluding diaryl/α,β-unsaturated/α-hetero) is 1. The van der Waals surface area contributed by atoms with Crippen LogP contribution in [-0.4, -0.2) is 30.5 Å². The summed E-state index contributed by atoms with van der Waals surface area (Å²) in [5, 5.41) is 11.6. The molecule has 0 aromatic heterocycles. The highest BCUT2D eigenvalue weighted by atomic mass is 35.5. The van der Waals surface area contributed by atoms with Crippen LogP contribution in [0.15, 0.2) is 78.4 Å². The molecular formula is C26H22ClNO5. The molecule has 1 aliphatic rings. The van der Waals surface area contributed by atoms with E-state index in [1.165, 1.54) is 18.1 Å². The van der Waals surface area contributed by atoms with Crippen molar-refractivity contribution in [2.45, 2.75) is 13.0 Å². The molecule has 168 valence electrons. The zero-order valence-corrected chi connectivity index (χ0v) is 18.9. The van der Waals surface area contributed by atoms with Gasteiger partial charge in [-0.05, 0) is 55.0 Å². The van der Waals surface area contributed by atoms with Gasteiger partial charge >= 0.3 is 0 Å². The average molecular weight is 464 g/mol. The number of aliphatic hydroxyl groups is 1. The topological polar surface area (TPSA) is 76.1 Å². The summed E-state index contributed by atoms with van der Waals surface area (Å²) in [6, 6.07) is 19.8. The van der Waals surface area contributed by atoms with Gasteiger partial charge in [-0.15, -0.1) is 0 Å². The number of anilines is 1. The van der Waals surface area contributed by atoms with Crippen molar-refractivity contribution in [3.63, 3.8) is 0 Å². The van der Waals surface area contributed by atoms with Crippen LogP contribution in [0, 0.1) is 0 Å². The molecule has 1 saturated heterocycles. The lowest BCUT2D eigenvalue weighted by atomic mass is 9.95. The van der Waals surface area contributed by atoms with E-state index in [0.29, 0.717) is 39.9 Å². The second-order valence-electron chi connectivity index (χ2n) is 7.36. The molecule has 0 radical (unpaired) electrons. The van der Waals surface area contributed by atoms with Crippen LogP contribution in [0.4, 0.5) is 5.69 Å². The highest BCUT2D eigenvalue weighted by Crippen LogP contribution is 2.43. The van der Waals surface area contributed by atoms with Crippen molar-refractivity contribution in [3.8, 4) is 11.5 Å². The highest BCUT2D eigenvalue weighted by Gasteiger charge is 2.47. The molecule has 1 fully saturated rings. The minimum atomic E-state index is -0.852. The fourth-order valence-corrected chi connectivity index (χ4v) is 4.10. The largest absolute Gasteiger partial charge is 0.507 e. The molecule has 1 heterocycles. The molecule has 1 aliphatic heterocycles. The molecule has 0 spiro atoms. The summed E-state index contributed by atoms with van der Waals surface area (Å²) in [7, 11) is 1.46. The minimum Gasteiger partial charge on any atom is -0.507 e. The van der Waals surface area contributed by atoms with Crippen LogP contribution in [0.3, 0.4) is 0 Å². The maximum atomic E-state index is 13.2. The van der Waals surface area contributed by atoms with Gasteiger partial charge in [-0.25, -0.2) is 0 Å². The third-order valence-corrected chi connectivity index (χ3v) is 5.70. The molecule has 4 rings (SSSR count). The lowest BCUT2D eigenvalue weighted by molar-refractivity contribution is -0.132. The van der Waals surface area contributed by atoms with Gasteiger partial charge in [0, 0.05) is 11.3 Å². The molecule has 1 N–H and O–H groups in total. The van der Waals surface area contributed by atoms with Gasteiger partial charge < -0.3 is 14.6 Å². The number of ether oxygens (including phenoxy) is 2. The molecule has 1 unspecified atom stereocenters. The first-order valence-electron chi connectivity index (χ1n) is 10.4. The number of nitrogens with zero attached hydrogens (tertiary/aromatic N) is 1. The van der Waals surface area contributed by atoms with Crippen molar-refractivity contribution < 1.29 is 24.2 Å². The third kappa shape index (κ3) is 4.17. The molecule has 3 aromatic carbocycles. The Balaban J connectivity index is 1.94. The smallest absolute Gasteiger partial charge is 0.300 e. The predicted molar refractivity (Wildman–Crippen MR) is 127 cm³/mol. The van der Waals surface area contributed by atoms with Crippen LogP contribution >= 0.6 is 11.6 Å². The Kier molecular flexibility index (Phi) is 6.38. The SMILES string of the molecule is CCOc1cccc(C2/C(=C(/O)c3ccc(Cl)c(OC)c3)C(=O)C(=O)N2c2ccccc2)c1. The summed E-state index contributed by atoms with van der Waals surface area (Å²) < 4.78 is 10.9. The second kappa shape index (κ2) is 9.38. The number of amides is 1. The molecule has 6 nitrogen and oxygen atoms in total. The van der Waals surface area contributed by atoms with Crippen molar-refractivity contribution in [1.29, 1.82) is 0 Å². The number of para-hydroxylation sites is 1. The molecule has 0 aliphatic carbocycles. The van der Waals surface area contributed by atoms with Crippen LogP contribution in [0.1, 0.15) is 24.1 Å². The van der Waals surface area contributed by atoms with Crippen molar-refractivity contribution in [2.75, 3.05) is 18.6 Å². The van der Waals surface area contributed by atoms with Gasteiger partial charge in [-0.1, -0.05) is 41.9 Å². The van der Waals surface area contributed by atoms with E-state index in [4.69, 9.17) is 21.1 Å². The Bertz CT molecular complexity index is 1240. The van der Waals surface area contributed by atoms with Crippen molar-refractivity contribution in [2.24, 2.45) is 0 Å². The number of methoxy groups -OCH3 is 1. The predicted octanol–water partition coefficient (Wildman–Crippen LogP) is 5.37. The number of hydrogen-bond donors (Lipinski definition) is 1. The Hall–Kier alpha value is -3.77. The van der Waals surface area contributed by atoms with Gasteiger partial charge in [0.2, 0.25) is 0 Å². The van der Waals surface area contributed by atoms with E-state index in [2.05, 4.69) is 0 Å². The first-order valence-corrected chi connectivity index (χ1v) is 10.8. The fraction of sp³-hybridized carbons (Fsp3) is 0.154. The number of hydrogen-bond acceptors (Lipinski definition) is 5. The summed E-state index contributed by atoms with van der Waals surface area (Å²) in [6.07, 6.45) is 0. The molecule has 0 saturated carbocycles. The van der Waals surface area contributed by atoms with E-state index in [-0.39, 0.29) is 11.3 Å². The van der Waals surface area contributed by atoms with Crippen LogP contribution < -0.4 is 14.4 Å². The first kappa shape index (κ1) is 22.4. The first-order chi connectivity index (χ1) is 16.0. The lowest BCUT2D eigenvalue weighted by Gasteiger charge is -2.25.